The monoisotopic (exact) mass is 152 g/mol. The van der Waals surface area contributed by atoms with E-state index in [0.717, 1.165) is 0 Å². The van der Waals surface area contributed by atoms with Gasteiger partial charge in [0.1, 0.15) is 5.78 Å². The summed E-state index contributed by atoms with van der Waals surface area (Å²) in [5, 5.41) is 0. The maximum atomic E-state index is 11.0. The molecule has 11 heavy (non-hydrogen) atoms. The fourth-order valence-corrected chi connectivity index (χ4v) is 1.86. The van der Waals surface area contributed by atoms with Gasteiger partial charge in [-0.05, 0) is 19.3 Å². The van der Waals surface area contributed by atoms with Crippen LogP contribution in [0.3, 0.4) is 0 Å². The molecule has 0 bridgehead atoms. The van der Waals surface area contributed by atoms with Crippen LogP contribution in [-0.4, -0.2) is 5.78 Å². The summed E-state index contributed by atoms with van der Waals surface area (Å²) >= 11 is 0. The molecule has 62 valence electrons. The Labute approximate surface area is 68.5 Å². The first-order valence-corrected chi connectivity index (χ1v) is 4.07. The molecule has 1 atom stereocenters. The van der Waals surface area contributed by atoms with E-state index in [0.29, 0.717) is 5.78 Å². The summed E-state index contributed by atoms with van der Waals surface area (Å²) in [5.74, 6) is 0.488. The topological polar surface area (TPSA) is 17.1 Å². The Morgan fingerprint density at radius 3 is 1.91 bits per heavy atom. The minimum absolute atomic E-state index is 0.190. The molecule has 0 saturated heterocycles. The van der Waals surface area contributed by atoms with Crippen molar-refractivity contribution in [2.45, 2.75) is 34.6 Å². The third kappa shape index (κ3) is 1.37. The van der Waals surface area contributed by atoms with Gasteiger partial charge < -0.3 is 0 Å². The normalized spacial score (nSPS) is 23.9. The highest BCUT2D eigenvalue weighted by Gasteiger charge is 2.42. The zero-order valence-electron chi connectivity index (χ0n) is 7.99. The van der Waals surface area contributed by atoms with Crippen LogP contribution in [0.25, 0.3) is 0 Å². The third-order valence-corrected chi connectivity index (χ3v) is 2.28. The average molecular weight is 152 g/mol. The number of ketones is 1. The van der Waals surface area contributed by atoms with E-state index in [-0.39, 0.29) is 11.3 Å². The molecule has 0 fully saturated rings. The predicted molar refractivity (Wildman–Crippen MR) is 46.3 cm³/mol. The molecule has 0 N–H and O–H groups in total. The van der Waals surface area contributed by atoms with Crippen LogP contribution in [0.1, 0.15) is 34.6 Å². The largest absolute Gasteiger partial charge is 0.299 e. The molecule has 0 aliphatic heterocycles. The second kappa shape index (κ2) is 2.20. The van der Waals surface area contributed by atoms with E-state index in [9.17, 15) is 4.79 Å². The fraction of sp³-hybridized carbons (Fsp3) is 0.700. The maximum Gasteiger partial charge on any atom is 0.141 e. The summed E-state index contributed by atoms with van der Waals surface area (Å²) in [5.41, 5.74) is 2.84. The van der Waals surface area contributed by atoms with E-state index in [2.05, 4.69) is 27.7 Å². The van der Waals surface area contributed by atoms with Crippen LogP contribution in [0.15, 0.2) is 11.1 Å². The highest BCUT2D eigenvalue weighted by molar-refractivity contribution is 5.90. The molecule has 1 aliphatic rings. The van der Waals surface area contributed by atoms with Gasteiger partial charge in [-0.2, -0.15) is 0 Å². The molecule has 1 rings (SSSR count). The van der Waals surface area contributed by atoms with E-state index >= 15 is 0 Å². The van der Waals surface area contributed by atoms with Gasteiger partial charge >= 0.3 is 0 Å². The van der Waals surface area contributed by atoms with Crippen molar-refractivity contribution in [1.29, 1.82) is 0 Å². The van der Waals surface area contributed by atoms with E-state index in [1.165, 1.54) is 11.1 Å². The average Bonchev–Trinajstić information content (AvgIpc) is 2.38. The highest BCUT2D eigenvalue weighted by Crippen LogP contribution is 2.50. The first-order chi connectivity index (χ1) is 4.85. The number of carbonyl (C=O) groups is 1. The Morgan fingerprint density at radius 2 is 1.82 bits per heavy atom. The molecule has 1 heteroatoms. The van der Waals surface area contributed by atoms with Gasteiger partial charge in [0.2, 0.25) is 0 Å². The molecule has 0 saturated carbocycles. The van der Waals surface area contributed by atoms with Crippen molar-refractivity contribution in [2.75, 3.05) is 0 Å². The standard InChI is InChI=1S/C10H16O/c1-6-8(7(2)11)9(6)10(3,4)5/h8H,1-5H3. The molecule has 0 heterocycles. The third-order valence-electron chi connectivity index (χ3n) is 2.28. The molecule has 0 aromatic carbocycles. The lowest BCUT2D eigenvalue weighted by atomic mass is 9.90. The number of allylic oxidation sites excluding steroid dienone is 2. The molecule has 1 aliphatic carbocycles. The summed E-state index contributed by atoms with van der Waals surface area (Å²) in [7, 11) is 0. The lowest BCUT2D eigenvalue weighted by Crippen LogP contribution is -2.08. The van der Waals surface area contributed by atoms with Crippen molar-refractivity contribution in [1.82, 2.24) is 0 Å². The Kier molecular flexibility index (Phi) is 1.70. The molecule has 0 amide bonds. The van der Waals surface area contributed by atoms with Gasteiger partial charge in [0.05, 0.1) is 5.92 Å². The Balaban J connectivity index is 2.73. The van der Waals surface area contributed by atoms with Crippen molar-refractivity contribution >= 4 is 5.78 Å². The minimum Gasteiger partial charge on any atom is -0.299 e. The number of rotatable bonds is 1. The summed E-state index contributed by atoms with van der Waals surface area (Å²) in [4.78, 5) is 11.0. The Morgan fingerprint density at radius 1 is 1.36 bits per heavy atom. The van der Waals surface area contributed by atoms with Crippen molar-refractivity contribution in [3.63, 3.8) is 0 Å². The molecule has 0 aromatic heterocycles. The quantitative estimate of drug-likeness (QED) is 0.528. The van der Waals surface area contributed by atoms with Crippen LogP contribution >= 0.6 is 0 Å². The number of Topliss-reactive ketones (excluding diaryl/α,β-unsaturated/α-hetero) is 1. The van der Waals surface area contributed by atoms with Crippen molar-refractivity contribution in [3.8, 4) is 0 Å². The molecule has 0 spiro atoms. The molecular formula is C10H16O. The number of hydrogen-bond donors (Lipinski definition) is 0. The van der Waals surface area contributed by atoms with Gasteiger partial charge in [0.15, 0.2) is 0 Å². The van der Waals surface area contributed by atoms with Gasteiger partial charge in [0, 0.05) is 0 Å². The van der Waals surface area contributed by atoms with Crippen molar-refractivity contribution < 1.29 is 4.79 Å². The zero-order valence-corrected chi connectivity index (χ0v) is 7.99. The van der Waals surface area contributed by atoms with E-state index in [4.69, 9.17) is 0 Å². The lowest BCUT2D eigenvalue weighted by molar-refractivity contribution is -0.117. The van der Waals surface area contributed by atoms with Crippen LogP contribution in [0.2, 0.25) is 0 Å². The maximum absolute atomic E-state index is 11.0. The van der Waals surface area contributed by atoms with E-state index in [1.807, 2.05) is 0 Å². The van der Waals surface area contributed by atoms with Gasteiger partial charge in [-0.3, -0.25) is 4.79 Å². The second-order valence-electron chi connectivity index (χ2n) is 4.39. The number of hydrogen-bond acceptors (Lipinski definition) is 1. The van der Waals surface area contributed by atoms with Crippen molar-refractivity contribution in [2.24, 2.45) is 11.3 Å². The molecular weight excluding hydrogens is 136 g/mol. The first-order valence-electron chi connectivity index (χ1n) is 4.07. The first kappa shape index (κ1) is 8.51. The van der Waals surface area contributed by atoms with E-state index in [1.54, 1.807) is 6.92 Å². The van der Waals surface area contributed by atoms with Crippen LogP contribution in [0.4, 0.5) is 0 Å². The Bertz CT molecular complexity index is 228. The van der Waals surface area contributed by atoms with Crippen molar-refractivity contribution in [3.05, 3.63) is 11.1 Å². The second-order valence-corrected chi connectivity index (χ2v) is 4.39. The molecule has 1 nitrogen and oxygen atoms in total. The van der Waals surface area contributed by atoms with Gasteiger partial charge in [0.25, 0.3) is 0 Å². The van der Waals surface area contributed by atoms with Gasteiger partial charge in [-0.25, -0.2) is 0 Å². The summed E-state index contributed by atoms with van der Waals surface area (Å²) in [6.45, 7) is 10.2. The van der Waals surface area contributed by atoms with E-state index < -0.39 is 0 Å². The molecule has 0 aromatic rings. The number of carbonyl (C=O) groups excluding carboxylic acids is 1. The molecule has 1 unspecified atom stereocenters. The smallest absolute Gasteiger partial charge is 0.141 e. The van der Waals surface area contributed by atoms with Crippen LogP contribution in [0, 0.1) is 11.3 Å². The van der Waals surface area contributed by atoms with Gasteiger partial charge in [-0.15, -0.1) is 0 Å². The van der Waals surface area contributed by atoms with Crippen LogP contribution in [-0.2, 0) is 4.79 Å². The SMILES string of the molecule is CC(=O)C1C(C)=C1C(C)(C)C. The minimum atomic E-state index is 0.190. The zero-order chi connectivity index (χ0) is 8.81. The Hall–Kier alpha value is -0.590. The summed E-state index contributed by atoms with van der Waals surface area (Å²) in [6, 6.07) is 0. The lowest BCUT2D eigenvalue weighted by Gasteiger charge is -2.14. The molecule has 0 radical (unpaired) electrons. The van der Waals surface area contributed by atoms with Crippen LogP contribution in [0.5, 0.6) is 0 Å². The summed E-state index contributed by atoms with van der Waals surface area (Å²) < 4.78 is 0. The summed E-state index contributed by atoms with van der Waals surface area (Å²) in [6.07, 6.45) is 0. The van der Waals surface area contributed by atoms with Gasteiger partial charge in [-0.1, -0.05) is 31.9 Å². The highest BCUT2D eigenvalue weighted by atomic mass is 16.1. The predicted octanol–water partition coefficient (Wildman–Crippen LogP) is 2.57. The fourth-order valence-electron chi connectivity index (χ4n) is 1.86. The van der Waals surface area contributed by atoms with Crippen LogP contribution < -0.4 is 0 Å².